The van der Waals surface area contributed by atoms with Crippen LogP contribution in [0.15, 0.2) is 55.0 Å². The number of piperidine rings is 1. The number of H-pyrrole nitrogens is 1. The van der Waals surface area contributed by atoms with Crippen LogP contribution in [0.2, 0.25) is 0 Å². The number of aromatic amines is 1. The van der Waals surface area contributed by atoms with Crippen molar-refractivity contribution in [3.8, 4) is 22.3 Å². The van der Waals surface area contributed by atoms with Crippen molar-refractivity contribution >= 4 is 5.82 Å². The van der Waals surface area contributed by atoms with Gasteiger partial charge in [0.2, 0.25) is 0 Å². The lowest BCUT2D eigenvalue weighted by Crippen LogP contribution is -2.40. The number of benzene rings is 1. The zero-order valence-corrected chi connectivity index (χ0v) is 16.3. The Labute approximate surface area is 165 Å². The minimum absolute atomic E-state index is 0.223. The molecule has 0 spiro atoms. The molecule has 1 fully saturated rings. The Morgan fingerprint density at radius 1 is 1.11 bits per heavy atom. The highest BCUT2D eigenvalue weighted by molar-refractivity contribution is 5.83. The summed E-state index contributed by atoms with van der Waals surface area (Å²) in [6, 6.07) is 11.4. The van der Waals surface area contributed by atoms with Gasteiger partial charge in [0.1, 0.15) is 11.6 Å². The average Bonchev–Trinajstić information content (AvgIpc) is 3.20. The Balaban J connectivity index is 1.46. The standard InChI is InChI=1S/C23H27FN4/c1-17-4-2-3-12-28(17)13-11-27-23-14-19(9-10-26-23)22-16-25-15-21(22)18-5-7-20(24)8-6-18/h5-10,14-17,25H,2-4,11-13H2,1H3,(H,26,27). The third kappa shape index (κ3) is 4.25. The molecular weight excluding hydrogens is 351 g/mol. The van der Waals surface area contributed by atoms with Gasteiger partial charge in [-0.1, -0.05) is 18.6 Å². The zero-order valence-electron chi connectivity index (χ0n) is 16.3. The molecule has 3 aromatic rings. The molecule has 1 aromatic carbocycles. The van der Waals surface area contributed by atoms with Gasteiger partial charge in [-0.05, 0) is 61.7 Å². The van der Waals surface area contributed by atoms with E-state index in [1.54, 1.807) is 0 Å². The topological polar surface area (TPSA) is 44.0 Å². The van der Waals surface area contributed by atoms with Gasteiger partial charge in [-0.2, -0.15) is 0 Å². The number of nitrogens with zero attached hydrogens (tertiary/aromatic N) is 2. The van der Waals surface area contributed by atoms with Crippen LogP contribution >= 0.6 is 0 Å². The lowest BCUT2D eigenvalue weighted by atomic mass is 10.00. The van der Waals surface area contributed by atoms with Crippen LogP contribution < -0.4 is 5.32 Å². The van der Waals surface area contributed by atoms with Crippen molar-refractivity contribution in [2.24, 2.45) is 0 Å². The van der Waals surface area contributed by atoms with Crippen molar-refractivity contribution in [3.05, 3.63) is 60.8 Å². The summed E-state index contributed by atoms with van der Waals surface area (Å²) in [5.74, 6) is 0.660. The van der Waals surface area contributed by atoms with E-state index in [2.05, 4.69) is 33.2 Å². The minimum atomic E-state index is -0.223. The third-order valence-electron chi connectivity index (χ3n) is 5.62. The molecule has 3 heterocycles. The van der Waals surface area contributed by atoms with Gasteiger partial charge in [0.05, 0.1) is 0 Å². The quantitative estimate of drug-likeness (QED) is 0.622. The smallest absolute Gasteiger partial charge is 0.126 e. The number of rotatable bonds is 6. The van der Waals surface area contributed by atoms with Crippen LogP contribution in [0.5, 0.6) is 0 Å². The van der Waals surface area contributed by atoms with E-state index in [9.17, 15) is 4.39 Å². The molecular formula is C23H27FN4. The SMILES string of the molecule is CC1CCCCN1CCNc1cc(-c2c[nH]cc2-c2ccc(F)cc2)ccn1. The fraction of sp³-hybridized carbons (Fsp3) is 0.348. The molecule has 5 heteroatoms. The van der Waals surface area contributed by atoms with Crippen LogP contribution in [-0.4, -0.2) is 40.5 Å². The molecule has 0 radical (unpaired) electrons. The fourth-order valence-electron chi connectivity index (χ4n) is 3.98. The second-order valence-electron chi connectivity index (χ2n) is 7.53. The molecule has 1 atom stereocenters. The normalized spacial score (nSPS) is 17.6. The summed E-state index contributed by atoms with van der Waals surface area (Å²) < 4.78 is 13.3. The molecule has 0 amide bonds. The summed E-state index contributed by atoms with van der Waals surface area (Å²) >= 11 is 0. The summed E-state index contributed by atoms with van der Waals surface area (Å²) in [7, 11) is 0. The van der Waals surface area contributed by atoms with Crippen LogP contribution in [0.1, 0.15) is 26.2 Å². The van der Waals surface area contributed by atoms with Gasteiger partial charge in [-0.15, -0.1) is 0 Å². The number of hydrogen-bond acceptors (Lipinski definition) is 3. The van der Waals surface area contributed by atoms with Crippen molar-refractivity contribution < 1.29 is 4.39 Å². The Kier molecular flexibility index (Phi) is 5.72. The monoisotopic (exact) mass is 378 g/mol. The Morgan fingerprint density at radius 2 is 1.89 bits per heavy atom. The fourth-order valence-corrected chi connectivity index (χ4v) is 3.98. The molecule has 1 unspecified atom stereocenters. The minimum Gasteiger partial charge on any atom is -0.369 e. The summed E-state index contributed by atoms with van der Waals surface area (Å²) in [4.78, 5) is 10.2. The lowest BCUT2D eigenvalue weighted by Gasteiger charge is -2.33. The van der Waals surface area contributed by atoms with E-state index >= 15 is 0 Å². The van der Waals surface area contributed by atoms with Crippen LogP contribution in [-0.2, 0) is 0 Å². The Hall–Kier alpha value is -2.66. The highest BCUT2D eigenvalue weighted by Crippen LogP contribution is 2.32. The van der Waals surface area contributed by atoms with E-state index in [-0.39, 0.29) is 5.82 Å². The van der Waals surface area contributed by atoms with Crippen LogP contribution in [0.25, 0.3) is 22.3 Å². The predicted octanol–water partition coefficient (Wildman–Crippen LogP) is 5.17. The number of anilines is 1. The molecule has 4 rings (SSSR count). The van der Waals surface area contributed by atoms with Gasteiger partial charge in [0.15, 0.2) is 0 Å². The molecule has 0 saturated carbocycles. The van der Waals surface area contributed by atoms with E-state index in [0.717, 1.165) is 41.2 Å². The van der Waals surface area contributed by atoms with E-state index in [0.29, 0.717) is 6.04 Å². The first-order valence-corrected chi connectivity index (χ1v) is 10.1. The third-order valence-corrected chi connectivity index (χ3v) is 5.62. The summed E-state index contributed by atoms with van der Waals surface area (Å²) in [6.45, 7) is 5.44. The highest BCUT2D eigenvalue weighted by Gasteiger charge is 2.17. The molecule has 2 aromatic heterocycles. The summed E-state index contributed by atoms with van der Waals surface area (Å²) in [5.41, 5.74) is 4.22. The molecule has 0 aliphatic carbocycles. The van der Waals surface area contributed by atoms with Crippen LogP contribution in [0.4, 0.5) is 10.2 Å². The van der Waals surface area contributed by atoms with Gasteiger partial charge in [0, 0.05) is 48.8 Å². The maximum atomic E-state index is 13.3. The van der Waals surface area contributed by atoms with Gasteiger partial charge in [0.25, 0.3) is 0 Å². The van der Waals surface area contributed by atoms with Crippen LogP contribution in [0, 0.1) is 5.82 Å². The maximum absolute atomic E-state index is 13.3. The first-order chi connectivity index (χ1) is 13.7. The van der Waals surface area contributed by atoms with Crippen molar-refractivity contribution in [2.75, 3.05) is 25.0 Å². The highest BCUT2D eigenvalue weighted by atomic mass is 19.1. The summed E-state index contributed by atoms with van der Waals surface area (Å²) in [5, 5.41) is 3.47. The lowest BCUT2D eigenvalue weighted by molar-refractivity contribution is 0.167. The molecule has 1 saturated heterocycles. The van der Waals surface area contributed by atoms with Crippen molar-refractivity contribution in [1.29, 1.82) is 0 Å². The second-order valence-corrected chi connectivity index (χ2v) is 7.53. The number of pyridine rings is 1. The van der Waals surface area contributed by atoms with E-state index in [4.69, 9.17) is 0 Å². The predicted molar refractivity (Wildman–Crippen MR) is 113 cm³/mol. The van der Waals surface area contributed by atoms with Gasteiger partial charge in [-0.25, -0.2) is 9.37 Å². The Bertz CT molecular complexity index is 903. The zero-order chi connectivity index (χ0) is 19.3. The number of nitrogens with one attached hydrogen (secondary N) is 2. The van der Waals surface area contributed by atoms with E-state index in [1.165, 1.54) is 37.9 Å². The van der Waals surface area contributed by atoms with E-state index < -0.39 is 0 Å². The average molecular weight is 378 g/mol. The maximum Gasteiger partial charge on any atom is 0.126 e. The van der Waals surface area contributed by atoms with Crippen molar-refractivity contribution in [1.82, 2.24) is 14.9 Å². The second kappa shape index (κ2) is 8.57. The molecule has 4 nitrogen and oxygen atoms in total. The van der Waals surface area contributed by atoms with E-state index in [1.807, 2.05) is 36.8 Å². The Morgan fingerprint density at radius 3 is 2.68 bits per heavy atom. The van der Waals surface area contributed by atoms with Gasteiger partial charge < -0.3 is 10.3 Å². The van der Waals surface area contributed by atoms with Crippen molar-refractivity contribution in [2.45, 2.75) is 32.2 Å². The largest absolute Gasteiger partial charge is 0.369 e. The first kappa shape index (κ1) is 18.7. The number of likely N-dealkylation sites (tertiary alicyclic amines) is 1. The molecule has 1 aliphatic heterocycles. The van der Waals surface area contributed by atoms with Crippen molar-refractivity contribution in [3.63, 3.8) is 0 Å². The molecule has 146 valence electrons. The number of aromatic nitrogens is 2. The molecule has 2 N–H and O–H groups in total. The number of hydrogen-bond donors (Lipinski definition) is 2. The summed E-state index contributed by atoms with van der Waals surface area (Å²) in [6.07, 6.45) is 9.72. The molecule has 1 aliphatic rings. The van der Waals surface area contributed by atoms with Crippen LogP contribution in [0.3, 0.4) is 0 Å². The first-order valence-electron chi connectivity index (χ1n) is 10.1. The van der Waals surface area contributed by atoms with Gasteiger partial charge in [-0.3, -0.25) is 4.90 Å². The van der Waals surface area contributed by atoms with Gasteiger partial charge >= 0.3 is 0 Å². The molecule has 28 heavy (non-hydrogen) atoms. The molecule has 0 bridgehead atoms. The number of halogens is 1.